The van der Waals surface area contributed by atoms with Gasteiger partial charge in [0.15, 0.2) is 0 Å². The van der Waals surface area contributed by atoms with Gasteiger partial charge in [-0.15, -0.1) is 0 Å². The Hall–Kier alpha value is -2.86. The second-order valence-corrected chi connectivity index (χ2v) is 6.38. The summed E-state index contributed by atoms with van der Waals surface area (Å²) in [6, 6.07) is 16.3. The third-order valence-electron chi connectivity index (χ3n) is 4.42. The van der Waals surface area contributed by atoms with Crippen LogP contribution in [0.1, 0.15) is 24.8 Å². The van der Waals surface area contributed by atoms with Crippen LogP contribution in [0.25, 0.3) is 0 Å². The van der Waals surface area contributed by atoms with Gasteiger partial charge in [-0.25, -0.2) is 0 Å². The van der Waals surface area contributed by atoms with Crippen molar-refractivity contribution < 1.29 is 24.2 Å². The van der Waals surface area contributed by atoms with E-state index in [0.29, 0.717) is 12.4 Å². The zero-order chi connectivity index (χ0) is 19.2. The molecule has 0 unspecified atom stereocenters. The molecular weight excluding hydrogens is 346 g/mol. The first-order valence-electron chi connectivity index (χ1n) is 9.01. The number of nitrogens with zero attached hydrogens (tertiary/aromatic N) is 1. The van der Waals surface area contributed by atoms with Gasteiger partial charge in [0.2, 0.25) is 11.8 Å². The second kappa shape index (κ2) is 8.68. The van der Waals surface area contributed by atoms with E-state index in [1.165, 1.54) is 0 Å². The quantitative estimate of drug-likeness (QED) is 0.723. The molecule has 0 aliphatic carbocycles. The molecule has 0 bridgehead atoms. The van der Waals surface area contributed by atoms with Gasteiger partial charge >= 0.3 is 0 Å². The zero-order valence-electron chi connectivity index (χ0n) is 15.2. The van der Waals surface area contributed by atoms with Crippen molar-refractivity contribution in [1.82, 2.24) is 4.90 Å². The molecule has 1 saturated heterocycles. The smallest absolute Gasteiger partial charge is 0.237 e. The minimum atomic E-state index is -0.959. The van der Waals surface area contributed by atoms with Crippen LogP contribution in [-0.4, -0.2) is 47.7 Å². The number of benzene rings is 2. The van der Waals surface area contributed by atoms with Crippen molar-refractivity contribution in [3.63, 3.8) is 0 Å². The monoisotopic (exact) mass is 369 g/mol. The van der Waals surface area contributed by atoms with Gasteiger partial charge < -0.3 is 14.6 Å². The van der Waals surface area contributed by atoms with Crippen molar-refractivity contribution in [3.8, 4) is 11.5 Å². The molecule has 2 aromatic carbocycles. The van der Waals surface area contributed by atoms with E-state index in [1.807, 2.05) is 37.3 Å². The van der Waals surface area contributed by atoms with Crippen molar-refractivity contribution in [3.05, 3.63) is 60.2 Å². The molecule has 1 aliphatic rings. The Morgan fingerprint density at radius 3 is 2.30 bits per heavy atom. The van der Waals surface area contributed by atoms with Gasteiger partial charge in [-0.3, -0.25) is 14.5 Å². The predicted molar refractivity (Wildman–Crippen MR) is 99.6 cm³/mol. The first-order valence-corrected chi connectivity index (χ1v) is 9.01. The molecule has 3 rings (SSSR count). The highest BCUT2D eigenvalue weighted by atomic mass is 16.5. The number of carbonyl (C=O) groups is 2. The predicted octanol–water partition coefficient (Wildman–Crippen LogP) is 2.37. The SMILES string of the molecule is CCOc1ccc(OC[C@H](O)CN2C(=O)C[C@H](c3ccccc3)C2=O)cc1. The topological polar surface area (TPSA) is 76.1 Å². The summed E-state index contributed by atoms with van der Waals surface area (Å²) in [5.74, 6) is 0.308. The average molecular weight is 369 g/mol. The van der Waals surface area contributed by atoms with Gasteiger partial charge in [-0.05, 0) is 36.8 Å². The molecule has 0 aromatic heterocycles. The summed E-state index contributed by atoms with van der Waals surface area (Å²) in [5, 5.41) is 10.2. The van der Waals surface area contributed by atoms with Crippen molar-refractivity contribution in [2.45, 2.75) is 25.4 Å². The normalized spacial score (nSPS) is 17.9. The van der Waals surface area contributed by atoms with Gasteiger partial charge in [0, 0.05) is 6.42 Å². The van der Waals surface area contributed by atoms with E-state index < -0.39 is 12.0 Å². The molecule has 2 atom stereocenters. The Balaban J connectivity index is 1.53. The number of aliphatic hydroxyl groups excluding tert-OH is 1. The van der Waals surface area contributed by atoms with E-state index in [1.54, 1.807) is 24.3 Å². The molecule has 142 valence electrons. The van der Waals surface area contributed by atoms with Crippen molar-refractivity contribution in [2.24, 2.45) is 0 Å². The van der Waals surface area contributed by atoms with Crippen molar-refractivity contribution in [2.75, 3.05) is 19.8 Å². The number of rotatable bonds is 8. The maximum atomic E-state index is 12.6. The van der Waals surface area contributed by atoms with Crippen LogP contribution in [0, 0.1) is 0 Å². The maximum absolute atomic E-state index is 12.6. The van der Waals surface area contributed by atoms with Crippen LogP contribution < -0.4 is 9.47 Å². The van der Waals surface area contributed by atoms with Crippen LogP contribution in [0.4, 0.5) is 0 Å². The fraction of sp³-hybridized carbons (Fsp3) is 0.333. The average Bonchev–Trinajstić information content (AvgIpc) is 2.96. The summed E-state index contributed by atoms with van der Waals surface area (Å²) < 4.78 is 10.9. The largest absolute Gasteiger partial charge is 0.494 e. The van der Waals surface area contributed by atoms with Gasteiger partial charge in [0.25, 0.3) is 0 Å². The number of imide groups is 1. The van der Waals surface area contributed by atoms with Crippen molar-refractivity contribution in [1.29, 1.82) is 0 Å². The van der Waals surface area contributed by atoms with E-state index in [4.69, 9.17) is 9.47 Å². The van der Waals surface area contributed by atoms with Gasteiger partial charge in [0.1, 0.15) is 24.2 Å². The molecule has 1 heterocycles. The van der Waals surface area contributed by atoms with Crippen LogP contribution in [0.2, 0.25) is 0 Å². The Morgan fingerprint density at radius 2 is 1.67 bits per heavy atom. The molecule has 6 nitrogen and oxygen atoms in total. The Labute approximate surface area is 158 Å². The molecular formula is C21H23NO5. The number of likely N-dealkylation sites (tertiary alicyclic amines) is 1. The molecule has 27 heavy (non-hydrogen) atoms. The number of aliphatic hydroxyl groups is 1. The highest BCUT2D eigenvalue weighted by Crippen LogP contribution is 2.29. The molecule has 2 aromatic rings. The molecule has 0 spiro atoms. The first kappa shape index (κ1) is 18.9. The molecule has 1 fully saturated rings. The Kier molecular flexibility index (Phi) is 6.08. The summed E-state index contributed by atoms with van der Waals surface area (Å²) in [6.45, 7) is 2.41. The number of hydrogen-bond acceptors (Lipinski definition) is 5. The molecule has 2 amide bonds. The summed E-state index contributed by atoms with van der Waals surface area (Å²) in [4.78, 5) is 25.9. The standard InChI is InChI=1S/C21H23NO5/c1-2-26-17-8-10-18(11-9-17)27-14-16(23)13-22-20(24)12-19(21(22)25)15-6-4-3-5-7-15/h3-11,16,19,23H,2,12-14H2,1H3/t16-,19-/m1/s1. The highest BCUT2D eigenvalue weighted by Gasteiger charge is 2.40. The second-order valence-electron chi connectivity index (χ2n) is 6.38. The molecule has 1 N–H and O–H groups in total. The van der Waals surface area contributed by atoms with Crippen LogP contribution in [0.3, 0.4) is 0 Å². The van der Waals surface area contributed by atoms with E-state index in [0.717, 1.165) is 16.2 Å². The van der Waals surface area contributed by atoms with E-state index in [2.05, 4.69) is 0 Å². The molecule has 0 saturated carbocycles. The fourth-order valence-electron chi connectivity index (χ4n) is 3.08. The van der Waals surface area contributed by atoms with Gasteiger partial charge in [-0.2, -0.15) is 0 Å². The number of amides is 2. The summed E-state index contributed by atoms with van der Waals surface area (Å²) in [5.41, 5.74) is 0.818. The number of β-amino-alcohol motifs (C(OH)–C–C–N with tert-alkyl or cyclic N) is 1. The summed E-state index contributed by atoms with van der Waals surface area (Å²) >= 11 is 0. The van der Waals surface area contributed by atoms with E-state index >= 15 is 0 Å². The van der Waals surface area contributed by atoms with Crippen LogP contribution >= 0.6 is 0 Å². The summed E-state index contributed by atoms with van der Waals surface area (Å²) in [6.07, 6.45) is -0.825. The number of hydrogen-bond donors (Lipinski definition) is 1. The third-order valence-corrected chi connectivity index (χ3v) is 4.42. The lowest BCUT2D eigenvalue weighted by Crippen LogP contribution is -2.39. The van der Waals surface area contributed by atoms with Crippen LogP contribution in [0.15, 0.2) is 54.6 Å². The van der Waals surface area contributed by atoms with E-state index in [-0.39, 0.29) is 31.4 Å². The highest BCUT2D eigenvalue weighted by molar-refractivity contribution is 6.06. The number of ether oxygens (including phenoxy) is 2. The minimum absolute atomic E-state index is 0.0129. The Bertz CT molecular complexity index is 775. The van der Waals surface area contributed by atoms with Crippen LogP contribution in [-0.2, 0) is 9.59 Å². The summed E-state index contributed by atoms with van der Waals surface area (Å²) in [7, 11) is 0. The molecule has 0 radical (unpaired) electrons. The van der Waals surface area contributed by atoms with Gasteiger partial charge in [0.05, 0.1) is 19.1 Å². The van der Waals surface area contributed by atoms with E-state index in [9.17, 15) is 14.7 Å². The number of carbonyl (C=O) groups excluding carboxylic acids is 2. The zero-order valence-corrected chi connectivity index (χ0v) is 15.2. The van der Waals surface area contributed by atoms with Crippen molar-refractivity contribution >= 4 is 11.8 Å². The lowest BCUT2D eigenvalue weighted by molar-refractivity contribution is -0.140. The maximum Gasteiger partial charge on any atom is 0.237 e. The molecule has 6 heteroatoms. The fourth-order valence-corrected chi connectivity index (χ4v) is 3.08. The third kappa shape index (κ3) is 4.65. The first-order chi connectivity index (χ1) is 13.1. The van der Waals surface area contributed by atoms with Crippen LogP contribution in [0.5, 0.6) is 11.5 Å². The molecule has 1 aliphatic heterocycles. The Morgan fingerprint density at radius 1 is 1.04 bits per heavy atom. The minimum Gasteiger partial charge on any atom is -0.494 e. The van der Waals surface area contributed by atoms with Gasteiger partial charge in [-0.1, -0.05) is 30.3 Å². The lowest BCUT2D eigenvalue weighted by atomic mass is 9.98. The lowest BCUT2D eigenvalue weighted by Gasteiger charge is -2.19.